The van der Waals surface area contributed by atoms with Crippen molar-refractivity contribution in [2.24, 2.45) is 0 Å². The fraction of sp³-hybridized carbons (Fsp3) is 0.190. The van der Waals surface area contributed by atoms with Gasteiger partial charge >= 0.3 is 0 Å². The number of nitrogens with zero attached hydrogens (tertiary/aromatic N) is 4. The summed E-state index contributed by atoms with van der Waals surface area (Å²) < 4.78 is 1.48. The van der Waals surface area contributed by atoms with Crippen molar-refractivity contribution in [1.29, 1.82) is 0 Å². The highest BCUT2D eigenvalue weighted by molar-refractivity contribution is 5.96. The van der Waals surface area contributed by atoms with Gasteiger partial charge in [0.1, 0.15) is 5.82 Å². The molecule has 2 heterocycles. The van der Waals surface area contributed by atoms with Gasteiger partial charge in [-0.3, -0.25) is 9.59 Å². The van der Waals surface area contributed by atoms with E-state index >= 15 is 0 Å². The van der Waals surface area contributed by atoms with E-state index in [1.165, 1.54) is 4.68 Å². The van der Waals surface area contributed by atoms with E-state index in [2.05, 4.69) is 25.6 Å². The average Bonchev–Trinajstić information content (AvgIpc) is 3.03. The van der Waals surface area contributed by atoms with E-state index in [-0.39, 0.29) is 17.3 Å². The lowest BCUT2D eigenvalue weighted by molar-refractivity contribution is -0.118. The topological polar surface area (TPSA) is 106 Å². The Morgan fingerprint density at radius 2 is 1.79 bits per heavy atom. The number of aromatic nitrogens is 5. The third kappa shape index (κ3) is 3.40. The maximum atomic E-state index is 13.3. The molecular formula is C21H20N6O2. The lowest BCUT2D eigenvalue weighted by Gasteiger charge is -2.18. The van der Waals surface area contributed by atoms with Gasteiger partial charge in [0.05, 0.1) is 22.3 Å². The largest absolute Gasteiger partial charge is 0.324 e. The zero-order valence-electron chi connectivity index (χ0n) is 16.3. The molecule has 0 saturated heterocycles. The Kier molecular flexibility index (Phi) is 4.67. The molecule has 0 aliphatic heterocycles. The van der Waals surface area contributed by atoms with Crippen LogP contribution in [0, 0.1) is 20.8 Å². The summed E-state index contributed by atoms with van der Waals surface area (Å²) in [6, 6.07) is 13.5. The predicted molar refractivity (Wildman–Crippen MR) is 110 cm³/mol. The van der Waals surface area contributed by atoms with E-state index in [4.69, 9.17) is 0 Å². The first-order valence-electron chi connectivity index (χ1n) is 9.19. The molecule has 2 aromatic heterocycles. The smallest absolute Gasteiger partial charge is 0.258 e. The zero-order chi connectivity index (χ0) is 20.5. The van der Waals surface area contributed by atoms with Crippen molar-refractivity contribution in [1.82, 2.24) is 25.0 Å². The second kappa shape index (κ2) is 7.31. The van der Waals surface area contributed by atoms with Crippen LogP contribution in [0.15, 0.2) is 53.3 Å². The first kappa shape index (κ1) is 18.5. The van der Waals surface area contributed by atoms with Crippen molar-refractivity contribution in [3.8, 4) is 0 Å². The molecule has 8 heteroatoms. The Labute approximate surface area is 166 Å². The van der Waals surface area contributed by atoms with Crippen LogP contribution < -0.4 is 10.9 Å². The second-order valence-electron chi connectivity index (χ2n) is 6.88. The molecule has 2 aromatic carbocycles. The van der Waals surface area contributed by atoms with Crippen molar-refractivity contribution >= 4 is 22.5 Å². The summed E-state index contributed by atoms with van der Waals surface area (Å²) in [7, 11) is 0. The molecule has 146 valence electrons. The Balaban J connectivity index is 1.85. The molecule has 1 unspecified atom stereocenters. The van der Waals surface area contributed by atoms with E-state index in [1.807, 2.05) is 45.0 Å². The highest BCUT2D eigenvalue weighted by atomic mass is 16.2. The monoisotopic (exact) mass is 388 g/mol. The number of aryl methyl sites for hydroxylation is 2. The SMILES string of the molecule is Cc1ccccc1NC(=O)C(c1nc2ccccc2c(=O)[nH]1)n1nnc(C)c1C. The minimum atomic E-state index is -0.979. The van der Waals surface area contributed by atoms with Crippen molar-refractivity contribution in [3.63, 3.8) is 0 Å². The van der Waals surface area contributed by atoms with Crippen LogP contribution in [0.25, 0.3) is 10.9 Å². The summed E-state index contributed by atoms with van der Waals surface area (Å²) >= 11 is 0. The summed E-state index contributed by atoms with van der Waals surface area (Å²) in [4.78, 5) is 33.2. The van der Waals surface area contributed by atoms with Gasteiger partial charge in [-0.05, 0) is 44.5 Å². The molecule has 0 spiro atoms. The number of hydrogen-bond acceptors (Lipinski definition) is 5. The fourth-order valence-corrected chi connectivity index (χ4v) is 3.17. The van der Waals surface area contributed by atoms with Gasteiger partial charge in [0.2, 0.25) is 0 Å². The van der Waals surface area contributed by atoms with Gasteiger partial charge in [-0.25, -0.2) is 9.67 Å². The number of para-hydroxylation sites is 2. The lowest BCUT2D eigenvalue weighted by Crippen LogP contribution is -2.32. The van der Waals surface area contributed by atoms with E-state index in [0.29, 0.717) is 28.0 Å². The Morgan fingerprint density at radius 3 is 2.52 bits per heavy atom. The van der Waals surface area contributed by atoms with Crippen molar-refractivity contribution < 1.29 is 4.79 Å². The highest BCUT2D eigenvalue weighted by Crippen LogP contribution is 2.22. The van der Waals surface area contributed by atoms with Crippen LogP contribution in [0.1, 0.15) is 28.8 Å². The molecule has 8 nitrogen and oxygen atoms in total. The number of carbonyl (C=O) groups excluding carboxylic acids is 1. The van der Waals surface area contributed by atoms with Gasteiger partial charge in [-0.15, -0.1) is 5.10 Å². The molecule has 0 saturated carbocycles. The van der Waals surface area contributed by atoms with Gasteiger partial charge in [0, 0.05) is 5.69 Å². The number of fused-ring (bicyclic) bond motifs is 1. The molecule has 1 atom stereocenters. The van der Waals surface area contributed by atoms with Gasteiger partial charge in [0.25, 0.3) is 11.5 Å². The molecule has 0 fully saturated rings. The number of aromatic amines is 1. The molecule has 2 N–H and O–H groups in total. The summed E-state index contributed by atoms with van der Waals surface area (Å²) in [6.45, 7) is 5.54. The lowest BCUT2D eigenvalue weighted by atomic mass is 10.1. The maximum absolute atomic E-state index is 13.3. The number of amides is 1. The van der Waals surface area contributed by atoms with Crippen LogP contribution in [-0.2, 0) is 4.79 Å². The van der Waals surface area contributed by atoms with Gasteiger partial charge in [-0.1, -0.05) is 35.5 Å². The summed E-state index contributed by atoms with van der Waals surface area (Å²) in [5.74, 6) is -0.168. The fourth-order valence-electron chi connectivity index (χ4n) is 3.17. The highest BCUT2D eigenvalue weighted by Gasteiger charge is 2.29. The van der Waals surface area contributed by atoms with Gasteiger partial charge in [0.15, 0.2) is 6.04 Å². The molecule has 4 rings (SSSR count). The van der Waals surface area contributed by atoms with Crippen LogP contribution in [0.2, 0.25) is 0 Å². The van der Waals surface area contributed by atoms with Crippen LogP contribution >= 0.6 is 0 Å². The quantitative estimate of drug-likeness (QED) is 0.559. The van der Waals surface area contributed by atoms with Crippen LogP contribution in [-0.4, -0.2) is 30.9 Å². The molecule has 0 aliphatic carbocycles. The molecular weight excluding hydrogens is 368 g/mol. The number of anilines is 1. The van der Waals surface area contributed by atoms with E-state index in [9.17, 15) is 9.59 Å². The average molecular weight is 388 g/mol. The summed E-state index contributed by atoms with van der Waals surface area (Å²) in [5, 5.41) is 11.6. The number of benzene rings is 2. The molecule has 4 aromatic rings. The van der Waals surface area contributed by atoms with Gasteiger partial charge < -0.3 is 10.3 Å². The number of H-pyrrole nitrogens is 1. The number of rotatable bonds is 4. The Morgan fingerprint density at radius 1 is 1.07 bits per heavy atom. The third-order valence-corrected chi connectivity index (χ3v) is 4.94. The molecule has 0 radical (unpaired) electrons. The standard InChI is InChI=1S/C21H20N6O2/c1-12-8-4-6-10-16(12)23-21(29)18(27-14(3)13(2)25-26-27)19-22-17-11-7-5-9-15(17)20(28)24-19/h4-11,18H,1-3H3,(H,23,29)(H,22,24,28). The summed E-state index contributed by atoms with van der Waals surface area (Å²) in [5.41, 5.74) is 3.21. The van der Waals surface area contributed by atoms with Crippen LogP contribution in [0.3, 0.4) is 0 Å². The Bertz CT molecular complexity index is 1270. The van der Waals surface area contributed by atoms with Crippen molar-refractivity contribution in [3.05, 3.63) is 81.7 Å². The predicted octanol–water partition coefficient (Wildman–Crippen LogP) is 2.67. The first-order chi connectivity index (χ1) is 14.0. The number of carbonyl (C=O) groups is 1. The normalized spacial score (nSPS) is 12.1. The first-order valence-corrected chi connectivity index (χ1v) is 9.19. The maximum Gasteiger partial charge on any atom is 0.258 e. The van der Waals surface area contributed by atoms with E-state index < -0.39 is 6.04 Å². The molecule has 1 amide bonds. The number of hydrogen-bond donors (Lipinski definition) is 2. The Hall–Kier alpha value is -3.81. The summed E-state index contributed by atoms with van der Waals surface area (Å²) in [6.07, 6.45) is 0. The molecule has 29 heavy (non-hydrogen) atoms. The third-order valence-electron chi connectivity index (χ3n) is 4.94. The van der Waals surface area contributed by atoms with Crippen LogP contribution in [0.5, 0.6) is 0 Å². The minimum absolute atomic E-state index is 0.202. The molecule has 0 bridgehead atoms. The number of nitrogens with one attached hydrogen (secondary N) is 2. The van der Waals surface area contributed by atoms with Crippen molar-refractivity contribution in [2.75, 3.05) is 5.32 Å². The second-order valence-corrected chi connectivity index (χ2v) is 6.88. The van der Waals surface area contributed by atoms with E-state index in [1.54, 1.807) is 24.3 Å². The minimum Gasteiger partial charge on any atom is -0.324 e. The molecule has 0 aliphatic rings. The van der Waals surface area contributed by atoms with Crippen molar-refractivity contribution in [2.45, 2.75) is 26.8 Å². The zero-order valence-corrected chi connectivity index (χ0v) is 16.3. The van der Waals surface area contributed by atoms with Crippen LogP contribution in [0.4, 0.5) is 5.69 Å². The van der Waals surface area contributed by atoms with E-state index in [0.717, 1.165) is 5.56 Å². The van der Waals surface area contributed by atoms with Gasteiger partial charge in [-0.2, -0.15) is 0 Å².